The number of rotatable bonds is 3. The molecule has 3 amide bonds. The molecule has 0 N–H and O–H groups in total. The molecule has 2 aromatic rings. The Morgan fingerprint density at radius 3 is 2.48 bits per heavy atom. The number of imide groups is 1. The Bertz CT molecular complexity index is 822. The number of hydrogen-bond donors (Lipinski definition) is 0. The average molecular weight is 312 g/mol. The van der Waals surface area contributed by atoms with E-state index in [9.17, 15) is 14.4 Å². The lowest BCUT2D eigenvalue weighted by molar-refractivity contribution is 0.0692. The lowest BCUT2D eigenvalue weighted by Crippen LogP contribution is -2.26. The van der Waals surface area contributed by atoms with Crippen molar-refractivity contribution in [2.45, 2.75) is 13.5 Å². The molecule has 0 saturated heterocycles. The van der Waals surface area contributed by atoms with Gasteiger partial charge >= 0.3 is 0 Å². The zero-order valence-corrected chi connectivity index (χ0v) is 13.1. The molecule has 0 aliphatic carbocycles. The van der Waals surface area contributed by atoms with Crippen molar-refractivity contribution in [3.05, 3.63) is 58.5 Å². The van der Waals surface area contributed by atoms with Crippen molar-refractivity contribution in [1.29, 1.82) is 0 Å². The average Bonchev–Trinajstić information content (AvgIpc) is 3.04. The second kappa shape index (κ2) is 5.39. The molecule has 0 bridgehead atoms. The van der Waals surface area contributed by atoms with Gasteiger partial charge in [-0.15, -0.1) is 0 Å². The highest BCUT2D eigenvalue weighted by atomic mass is 16.3. The van der Waals surface area contributed by atoms with Crippen LogP contribution in [0.5, 0.6) is 0 Å². The summed E-state index contributed by atoms with van der Waals surface area (Å²) in [5.74, 6) is 0.500. The van der Waals surface area contributed by atoms with Gasteiger partial charge in [0.1, 0.15) is 11.5 Å². The molecule has 118 valence electrons. The summed E-state index contributed by atoms with van der Waals surface area (Å²) >= 11 is 0. The number of benzene rings is 1. The molecule has 6 nitrogen and oxygen atoms in total. The molecule has 0 radical (unpaired) electrons. The fourth-order valence-electron chi connectivity index (χ4n) is 2.59. The Kier molecular flexibility index (Phi) is 3.52. The number of hydrogen-bond acceptors (Lipinski definition) is 4. The van der Waals surface area contributed by atoms with Gasteiger partial charge in [-0.2, -0.15) is 0 Å². The van der Waals surface area contributed by atoms with Gasteiger partial charge in [-0.05, 0) is 37.3 Å². The minimum absolute atomic E-state index is 0.239. The van der Waals surface area contributed by atoms with Gasteiger partial charge in [0.05, 0.1) is 17.7 Å². The first kappa shape index (κ1) is 15.0. The normalized spacial score (nSPS) is 13.4. The van der Waals surface area contributed by atoms with Crippen molar-refractivity contribution in [2.24, 2.45) is 0 Å². The van der Waals surface area contributed by atoms with Crippen LogP contribution in [0.3, 0.4) is 0 Å². The van der Waals surface area contributed by atoms with E-state index < -0.39 is 0 Å². The monoisotopic (exact) mass is 312 g/mol. The van der Waals surface area contributed by atoms with Crippen LogP contribution in [0.4, 0.5) is 0 Å². The van der Waals surface area contributed by atoms with Crippen LogP contribution in [-0.2, 0) is 6.54 Å². The summed E-state index contributed by atoms with van der Waals surface area (Å²) in [6.45, 7) is 2.17. The van der Waals surface area contributed by atoms with Crippen LogP contribution in [0.25, 0.3) is 0 Å². The van der Waals surface area contributed by atoms with Crippen LogP contribution in [0.1, 0.15) is 42.6 Å². The number of amides is 3. The molecular formula is C17H16N2O4. The molecule has 6 heteroatoms. The molecule has 0 spiro atoms. The number of carbonyl (C=O) groups excluding carboxylic acids is 3. The zero-order valence-electron chi connectivity index (χ0n) is 13.1. The first-order valence-electron chi connectivity index (χ1n) is 7.15. The predicted molar refractivity (Wildman–Crippen MR) is 82.1 cm³/mol. The number of nitrogens with zero attached hydrogens (tertiary/aromatic N) is 2. The van der Waals surface area contributed by atoms with Gasteiger partial charge in [0.2, 0.25) is 0 Å². The van der Waals surface area contributed by atoms with E-state index in [0.29, 0.717) is 23.4 Å². The maximum absolute atomic E-state index is 12.5. The largest absolute Gasteiger partial charge is 0.464 e. The molecular weight excluding hydrogens is 296 g/mol. The summed E-state index contributed by atoms with van der Waals surface area (Å²) in [5, 5.41) is 0. The van der Waals surface area contributed by atoms with Crippen molar-refractivity contribution in [3.8, 4) is 0 Å². The van der Waals surface area contributed by atoms with Crippen molar-refractivity contribution < 1.29 is 18.8 Å². The van der Waals surface area contributed by atoms with E-state index in [2.05, 4.69) is 0 Å². The molecule has 1 aliphatic rings. The van der Waals surface area contributed by atoms with Crippen LogP contribution in [-0.4, -0.2) is 41.6 Å². The van der Waals surface area contributed by atoms with E-state index in [4.69, 9.17) is 4.42 Å². The minimum atomic E-state index is -0.385. The Morgan fingerprint density at radius 2 is 1.83 bits per heavy atom. The van der Waals surface area contributed by atoms with Crippen LogP contribution >= 0.6 is 0 Å². The Hall–Kier alpha value is -2.89. The maximum Gasteiger partial charge on any atom is 0.261 e. The molecule has 23 heavy (non-hydrogen) atoms. The molecule has 0 unspecified atom stereocenters. The topological polar surface area (TPSA) is 70.8 Å². The second-order valence-corrected chi connectivity index (χ2v) is 5.60. The smallest absolute Gasteiger partial charge is 0.261 e. The van der Waals surface area contributed by atoms with E-state index >= 15 is 0 Å². The van der Waals surface area contributed by atoms with Crippen molar-refractivity contribution >= 4 is 17.7 Å². The summed E-state index contributed by atoms with van der Waals surface area (Å²) in [5.41, 5.74) is 0.968. The van der Waals surface area contributed by atoms with E-state index in [1.54, 1.807) is 13.1 Å². The Balaban J connectivity index is 1.83. The van der Waals surface area contributed by atoms with E-state index in [1.807, 2.05) is 19.1 Å². The molecule has 2 heterocycles. The summed E-state index contributed by atoms with van der Waals surface area (Å²) in [6, 6.07) is 8.22. The number of fused-ring (bicyclic) bond motifs is 1. The first-order valence-corrected chi connectivity index (χ1v) is 7.15. The van der Waals surface area contributed by atoms with Crippen LogP contribution in [0.2, 0.25) is 0 Å². The van der Waals surface area contributed by atoms with Crippen LogP contribution < -0.4 is 0 Å². The Morgan fingerprint density at radius 1 is 1.13 bits per heavy atom. The fourth-order valence-corrected chi connectivity index (χ4v) is 2.59. The fraction of sp³-hybridized carbons (Fsp3) is 0.235. The zero-order chi connectivity index (χ0) is 16.7. The molecule has 1 aromatic heterocycles. The standard InChI is InChI=1S/C17H16N2O4/c1-10-4-6-12(23-10)9-18(2)15(20)11-5-7-13-14(8-11)17(22)19(3)16(13)21/h4-8H,9H2,1-3H3. The van der Waals surface area contributed by atoms with Crippen molar-refractivity contribution in [3.63, 3.8) is 0 Å². The first-order chi connectivity index (χ1) is 10.9. The number of aryl methyl sites for hydroxylation is 1. The lowest BCUT2D eigenvalue weighted by Gasteiger charge is -2.16. The Labute approximate surface area is 133 Å². The highest BCUT2D eigenvalue weighted by Gasteiger charge is 2.33. The third kappa shape index (κ3) is 2.52. The molecule has 0 atom stereocenters. The van der Waals surface area contributed by atoms with E-state index in [-0.39, 0.29) is 23.3 Å². The second-order valence-electron chi connectivity index (χ2n) is 5.60. The minimum Gasteiger partial charge on any atom is -0.464 e. The number of carbonyl (C=O) groups is 3. The summed E-state index contributed by atoms with van der Waals surface area (Å²) < 4.78 is 5.46. The van der Waals surface area contributed by atoms with Gasteiger partial charge in [0.15, 0.2) is 0 Å². The third-order valence-electron chi connectivity index (χ3n) is 3.87. The quantitative estimate of drug-likeness (QED) is 0.814. The van der Waals surface area contributed by atoms with Gasteiger partial charge in [0, 0.05) is 19.7 Å². The molecule has 0 fully saturated rings. The lowest BCUT2D eigenvalue weighted by atomic mass is 10.0. The molecule has 1 aliphatic heterocycles. The van der Waals surface area contributed by atoms with Gasteiger partial charge in [0.25, 0.3) is 17.7 Å². The highest BCUT2D eigenvalue weighted by molar-refractivity contribution is 6.21. The molecule has 3 rings (SSSR count). The van der Waals surface area contributed by atoms with Crippen molar-refractivity contribution in [2.75, 3.05) is 14.1 Å². The molecule has 1 aromatic carbocycles. The van der Waals surface area contributed by atoms with E-state index in [1.165, 1.54) is 24.1 Å². The van der Waals surface area contributed by atoms with Gasteiger partial charge < -0.3 is 9.32 Å². The van der Waals surface area contributed by atoms with Gasteiger partial charge in [-0.25, -0.2) is 0 Å². The van der Waals surface area contributed by atoms with Gasteiger partial charge in [-0.1, -0.05) is 0 Å². The SMILES string of the molecule is Cc1ccc(CN(C)C(=O)c2ccc3c(c2)C(=O)N(C)C3=O)o1. The maximum atomic E-state index is 12.5. The number of furan rings is 1. The summed E-state index contributed by atoms with van der Waals surface area (Å²) in [7, 11) is 3.09. The summed E-state index contributed by atoms with van der Waals surface area (Å²) in [6.07, 6.45) is 0. The highest BCUT2D eigenvalue weighted by Crippen LogP contribution is 2.23. The third-order valence-corrected chi connectivity index (χ3v) is 3.87. The molecule has 0 saturated carbocycles. The summed E-state index contributed by atoms with van der Waals surface area (Å²) in [4.78, 5) is 38.9. The van der Waals surface area contributed by atoms with Crippen LogP contribution in [0.15, 0.2) is 34.7 Å². The van der Waals surface area contributed by atoms with Crippen LogP contribution in [0, 0.1) is 6.92 Å². The van der Waals surface area contributed by atoms with Gasteiger partial charge in [-0.3, -0.25) is 19.3 Å². The van der Waals surface area contributed by atoms with E-state index in [0.717, 1.165) is 10.7 Å². The predicted octanol–water partition coefficient (Wildman–Crippen LogP) is 2.09. The van der Waals surface area contributed by atoms with Crippen molar-refractivity contribution in [1.82, 2.24) is 9.80 Å².